The summed E-state index contributed by atoms with van der Waals surface area (Å²) >= 11 is 0. The second-order valence-corrected chi connectivity index (χ2v) is 2.87. The van der Waals surface area contributed by atoms with Gasteiger partial charge in [-0.05, 0) is 13.0 Å². The largest absolute Gasteiger partial charge is 0.480 e. The van der Waals surface area contributed by atoms with Crippen LogP contribution in [0.5, 0.6) is 0 Å². The normalized spacial score (nSPS) is 9.86. The molecule has 0 fully saturated rings. The fourth-order valence-electron chi connectivity index (χ4n) is 1.07. The van der Waals surface area contributed by atoms with E-state index in [4.69, 9.17) is 5.11 Å². The maximum atomic E-state index is 11.3. The Kier molecular flexibility index (Phi) is 2.85. The van der Waals surface area contributed by atoms with Crippen molar-refractivity contribution in [2.45, 2.75) is 6.92 Å². The summed E-state index contributed by atoms with van der Waals surface area (Å²) < 4.78 is 1.41. The summed E-state index contributed by atoms with van der Waals surface area (Å²) in [6.07, 6.45) is 0. The Hall–Kier alpha value is -1.85. The third-order valence-corrected chi connectivity index (χ3v) is 1.63. The minimum absolute atomic E-state index is 0.351. The molecule has 14 heavy (non-hydrogen) atoms. The van der Waals surface area contributed by atoms with Crippen LogP contribution in [0.15, 0.2) is 6.07 Å². The first-order valence-electron chi connectivity index (χ1n) is 4.01. The summed E-state index contributed by atoms with van der Waals surface area (Å²) in [5.74, 6) is -1.51. The molecule has 76 valence electrons. The lowest BCUT2D eigenvalue weighted by Crippen LogP contribution is -2.30. The Morgan fingerprint density at radius 3 is 2.71 bits per heavy atom. The third kappa shape index (κ3) is 2.32. The molecule has 0 aliphatic heterocycles. The lowest BCUT2D eigenvalue weighted by molar-refractivity contribution is -0.135. The van der Waals surface area contributed by atoms with Crippen LogP contribution in [0.25, 0.3) is 0 Å². The number of rotatable bonds is 3. The molecule has 6 nitrogen and oxygen atoms in total. The molecule has 6 heteroatoms. The van der Waals surface area contributed by atoms with E-state index in [2.05, 4.69) is 10.4 Å². The molecule has 1 aromatic heterocycles. The van der Waals surface area contributed by atoms with Gasteiger partial charge in [0.15, 0.2) is 0 Å². The van der Waals surface area contributed by atoms with Gasteiger partial charge in [0.05, 0.1) is 5.69 Å². The summed E-state index contributed by atoms with van der Waals surface area (Å²) in [6, 6.07) is 1.59. The molecule has 2 N–H and O–H groups in total. The zero-order valence-corrected chi connectivity index (χ0v) is 7.94. The van der Waals surface area contributed by atoms with Gasteiger partial charge < -0.3 is 10.4 Å². The summed E-state index contributed by atoms with van der Waals surface area (Å²) in [5.41, 5.74) is 1.07. The van der Waals surface area contributed by atoms with Gasteiger partial charge in [-0.15, -0.1) is 0 Å². The zero-order chi connectivity index (χ0) is 10.7. The van der Waals surface area contributed by atoms with Crippen LogP contribution in [0.2, 0.25) is 0 Å². The molecule has 1 rings (SSSR count). The molecule has 1 amide bonds. The van der Waals surface area contributed by atoms with Crippen LogP contribution >= 0.6 is 0 Å². The summed E-state index contributed by atoms with van der Waals surface area (Å²) in [5, 5.41) is 14.6. The molecule has 0 spiro atoms. The standard InChI is InChI=1S/C8H11N3O3/c1-5-3-6(11(2)10-5)8(14)9-4-7(12)13/h3H,4H2,1-2H3,(H,9,14)(H,12,13). The lowest BCUT2D eigenvalue weighted by Gasteiger charge is -2.01. The molecule has 0 aliphatic carbocycles. The Morgan fingerprint density at radius 1 is 1.64 bits per heavy atom. The average molecular weight is 197 g/mol. The minimum atomic E-state index is -1.07. The second-order valence-electron chi connectivity index (χ2n) is 2.87. The number of nitrogens with zero attached hydrogens (tertiary/aromatic N) is 2. The van der Waals surface area contributed by atoms with E-state index in [0.717, 1.165) is 0 Å². The number of hydrogen-bond acceptors (Lipinski definition) is 3. The Bertz CT molecular complexity index is 370. The molecule has 0 unspecified atom stereocenters. The highest BCUT2D eigenvalue weighted by molar-refractivity contribution is 5.94. The van der Waals surface area contributed by atoms with E-state index in [1.165, 1.54) is 4.68 Å². The monoisotopic (exact) mass is 197 g/mol. The van der Waals surface area contributed by atoms with E-state index in [-0.39, 0.29) is 6.54 Å². The minimum Gasteiger partial charge on any atom is -0.480 e. The molecule has 0 atom stereocenters. The summed E-state index contributed by atoms with van der Waals surface area (Å²) in [4.78, 5) is 21.5. The molecule has 0 bridgehead atoms. The number of carbonyl (C=O) groups is 2. The van der Waals surface area contributed by atoms with Crippen molar-refractivity contribution in [1.82, 2.24) is 15.1 Å². The van der Waals surface area contributed by atoms with Gasteiger partial charge in [0, 0.05) is 7.05 Å². The molecule has 0 radical (unpaired) electrons. The lowest BCUT2D eigenvalue weighted by atomic mass is 10.3. The number of amides is 1. The van der Waals surface area contributed by atoms with Crippen molar-refractivity contribution < 1.29 is 14.7 Å². The number of carboxylic acid groups (broad SMARTS) is 1. The topological polar surface area (TPSA) is 84.2 Å². The molecule has 0 aliphatic rings. The predicted molar refractivity (Wildman–Crippen MR) is 47.9 cm³/mol. The second kappa shape index (κ2) is 3.91. The number of carboxylic acids is 1. The Balaban J connectivity index is 2.69. The molecule has 0 aromatic carbocycles. The van der Waals surface area contributed by atoms with Gasteiger partial charge >= 0.3 is 5.97 Å². The van der Waals surface area contributed by atoms with Gasteiger partial charge in [-0.3, -0.25) is 14.3 Å². The fourth-order valence-corrected chi connectivity index (χ4v) is 1.07. The van der Waals surface area contributed by atoms with Gasteiger partial charge in [-0.2, -0.15) is 5.10 Å². The molecule has 0 saturated heterocycles. The van der Waals surface area contributed by atoms with E-state index in [1.54, 1.807) is 20.0 Å². The van der Waals surface area contributed by atoms with Crippen molar-refractivity contribution in [3.8, 4) is 0 Å². The smallest absolute Gasteiger partial charge is 0.322 e. The SMILES string of the molecule is Cc1cc(C(=O)NCC(=O)O)n(C)n1. The summed E-state index contributed by atoms with van der Waals surface area (Å²) in [6.45, 7) is 1.37. The first-order valence-corrected chi connectivity index (χ1v) is 4.01. The van der Waals surface area contributed by atoms with E-state index >= 15 is 0 Å². The first-order chi connectivity index (χ1) is 6.50. The number of aromatic nitrogens is 2. The average Bonchev–Trinajstić information content (AvgIpc) is 2.41. The molecular weight excluding hydrogens is 186 g/mol. The predicted octanol–water partition coefficient (Wildman–Crippen LogP) is -0.457. The third-order valence-electron chi connectivity index (χ3n) is 1.63. The van der Waals surface area contributed by atoms with Gasteiger partial charge in [0.1, 0.15) is 12.2 Å². The number of aryl methyl sites for hydroxylation is 2. The van der Waals surface area contributed by atoms with Crippen LogP contribution in [-0.2, 0) is 11.8 Å². The highest BCUT2D eigenvalue weighted by atomic mass is 16.4. The molecule has 1 aromatic rings. The van der Waals surface area contributed by atoms with Crippen molar-refractivity contribution >= 4 is 11.9 Å². The van der Waals surface area contributed by atoms with E-state index < -0.39 is 11.9 Å². The first kappa shape index (κ1) is 10.2. The van der Waals surface area contributed by atoms with Gasteiger partial charge in [-0.25, -0.2) is 0 Å². The quantitative estimate of drug-likeness (QED) is 0.686. The van der Waals surface area contributed by atoms with Crippen LogP contribution in [0.3, 0.4) is 0 Å². The molecule has 0 saturated carbocycles. The maximum absolute atomic E-state index is 11.3. The van der Waals surface area contributed by atoms with Crippen LogP contribution < -0.4 is 5.32 Å². The van der Waals surface area contributed by atoms with Crippen LogP contribution in [0, 0.1) is 6.92 Å². The number of nitrogens with one attached hydrogen (secondary N) is 1. The highest BCUT2D eigenvalue weighted by Crippen LogP contribution is 2.00. The van der Waals surface area contributed by atoms with Crippen molar-refractivity contribution in [2.75, 3.05) is 6.54 Å². The fraction of sp³-hybridized carbons (Fsp3) is 0.375. The van der Waals surface area contributed by atoms with Crippen molar-refractivity contribution in [3.05, 3.63) is 17.5 Å². The molecule has 1 heterocycles. The van der Waals surface area contributed by atoms with Crippen LogP contribution in [0.1, 0.15) is 16.2 Å². The Morgan fingerprint density at radius 2 is 2.29 bits per heavy atom. The molecular formula is C8H11N3O3. The van der Waals surface area contributed by atoms with E-state index in [1.807, 2.05) is 0 Å². The van der Waals surface area contributed by atoms with Gasteiger partial charge in [0.2, 0.25) is 0 Å². The Labute approximate surface area is 80.5 Å². The number of carbonyl (C=O) groups excluding carboxylic acids is 1. The zero-order valence-electron chi connectivity index (χ0n) is 7.94. The maximum Gasteiger partial charge on any atom is 0.322 e. The number of hydrogen-bond donors (Lipinski definition) is 2. The van der Waals surface area contributed by atoms with Crippen molar-refractivity contribution in [1.29, 1.82) is 0 Å². The van der Waals surface area contributed by atoms with E-state index in [0.29, 0.717) is 11.4 Å². The van der Waals surface area contributed by atoms with E-state index in [9.17, 15) is 9.59 Å². The van der Waals surface area contributed by atoms with Crippen LogP contribution in [-0.4, -0.2) is 33.3 Å². The highest BCUT2D eigenvalue weighted by Gasteiger charge is 2.11. The van der Waals surface area contributed by atoms with Gasteiger partial charge in [0.25, 0.3) is 5.91 Å². The van der Waals surface area contributed by atoms with Crippen LogP contribution in [0.4, 0.5) is 0 Å². The van der Waals surface area contributed by atoms with Gasteiger partial charge in [-0.1, -0.05) is 0 Å². The summed E-state index contributed by atoms with van der Waals surface area (Å²) in [7, 11) is 1.63. The van der Waals surface area contributed by atoms with Crippen molar-refractivity contribution in [2.24, 2.45) is 7.05 Å². The van der Waals surface area contributed by atoms with Crippen molar-refractivity contribution in [3.63, 3.8) is 0 Å². The number of aliphatic carboxylic acids is 1.